The first-order chi connectivity index (χ1) is 8.21. The molecule has 18 heavy (non-hydrogen) atoms. The molecule has 0 aliphatic carbocycles. The molecule has 100 valence electrons. The van der Waals surface area contributed by atoms with Crippen molar-refractivity contribution >= 4 is 5.91 Å². The van der Waals surface area contributed by atoms with Gasteiger partial charge in [-0.25, -0.2) is 8.78 Å². The molecule has 3 N–H and O–H groups in total. The zero-order chi connectivity index (χ0) is 13.9. The summed E-state index contributed by atoms with van der Waals surface area (Å²) in [6.07, 6.45) is 0. The second-order valence-electron chi connectivity index (χ2n) is 5.30. The zero-order valence-electron chi connectivity index (χ0n) is 10.8. The molecule has 1 atom stereocenters. The number of rotatable bonds is 3. The van der Waals surface area contributed by atoms with Crippen molar-refractivity contribution in [2.45, 2.75) is 33.4 Å². The average Bonchev–Trinajstić information content (AvgIpc) is 2.27. The number of carbonyl (C=O) groups excluding carboxylic acids is 1. The van der Waals surface area contributed by atoms with E-state index in [-0.39, 0.29) is 23.4 Å². The summed E-state index contributed by atoms with van der Waals surface area (Å²) >= 11 is 0. The molecule has 0 saturated heterocycles. The molecule has 1 rings (SSSR count). The Labute approximate surface area is 105 Å². The average molecular weight is 256 g/mol. The number of hydrogen-bond donors (Lipinski definition) is 2. The van der Waals surface area contributed by atoms with Crippen LogP contribution in [-0.2, 0) is 11.3 Å². The lowest BCUT2D eigenvalue weighted by Crippen LogP contribution is -2.48. The highest BCUT2D eigenvalue weighted by Gasteiger charge is 2.27. The summed E-state index contributed by atoms with van der Waals surface area (Å²) in [6.45, 7) is 5.42. The zero-order valence-corrected chi connectivity index (χ0v) is 10.8. The van der Waals surface area contributed by atoms with Crippen LogP contribution in [0.1, 0.15) is 26.3 Å². The Kier molecular flexibility index (Phi) is 4.40. The SMILES string of the molecule is CC(C)(C)C(N)C(=O)NCc1cc(F)ccc1F. The van der Waals surface area contributed by atoms with E-state index in [1.165, 1.54) is 0 Å². The lowest BCUT2D eigenvalue weighted by atomic mass is 9.87. The van der Waals surface area contributed by atoms with Crippen LogP contribution in [0.5, 0.6) is 0 Å². The van der Waals surface area contributed by atoms with Gasteiger partial charge < -0.3 is 11.1 Å². The largest absolute Gasteiger partial charge is 0.351 e. The van der Waals surface area contributed by atoms with Crippen LogP contribution in [0.25, 0.3) is 0 Å². The van der Waals surface area contributed by atoms with Crippen LogP contribution in [0.15, 0.2) is 18.2 Å². The lowest BCUT2D eigenvalue weighted by molar-refractivity contribution is -0.124. The molecule has 1 amide bonds. The molecule has 0 aromatic heterocycles. The van der Waals surface area contributed by atoms with Crippen molar-refractivity contribution in [3.63, 3.8) is 0 Å². The Morgan fingerprint density at radius 1 is 1.39 bits per heavy atom. The molecule has 0 spiro atoms. The van der Waals surface area contributed by atoms with Gasteiger partial charge in [0.25, 0.3) is 0 Å². The summed E-state index contributed by atoms with van der Waals surface area (Å²) in [4.78, 5) is 11.7. The van der Waals surface area contributed by atoms with Crippen LogP contribution >= 0.6 is 0 Å². The minimum Gasteiger partial charge on any atom is -0.351 e. The minimum atomic E-state index is -0.700. The molecule has 0 aliphatic rings. The molecule has 1 unspecified atom stereocenters. The highest BCUT2D eigenvalue weighted by Crippen LogP contribution is 2.17. The van der Waals surface area contributed by atoms with E-state index in [1.807, 2.05) is 20.8 Å². The van der Waals surface area contributed by atoms with Crippen LogP contribution in [0, 0.1) is 17.0 Å². The normalized spacial score (nSPS) is 13.2. The van der Waals surface area contributed by atoms with E-state index in [1.54, 1.807) is 0 Å². The van der Waals surface area contributed by atoms with Crippen molar-refractivity contribution in [1.82, 2.24) is 5.32 Å². The number of nitrogens with one attached hydrogen (secondary N) is 1. The maximum atomic E-state index is 13.3. The Morgan fingerprint density at radius 2 is 2.00 bits per heavy atom. The van der Waals surface area contributed by atoms with Crippen molar-refractivity contribution in [1.29, 1.82) is 0 Å². The molecule has 1 aromatic carbocycles. The first-order valence-corrected chi connectivity index (χ1v) is 5.69. The molecule has 0 fully saturated rings. The Hall–Kier alpha value is -1.49. The summed E-state index contributed by atoms with van der Waals surface area (Å²) < 4.78 is 26.2. The quantitative estimate of drug-likeness (QED) is 0.868. The molecule has 5 heteroatoms. The van der Waals surface area contributed by atoms with Gasteiger partial charge in [0.1, 0.15) is 11.6 Å². The standard InChI is InChI=1S/C13H18F2N2O/c1-13(2,3)11(16)12(18)17-7-8-6-9(14)4-5-10(8)15/h4-6,11H,7,16H2,1-3H3,(H,17,18). The van der Waals surface area contributed by atoms with Crippen molar-refractivity contribution in [3.05, 3.63) is 35.4 Å². The molecular formula is C13H18F2N2O. The Bertz CT molecular complexity index is 441. The van der Waals surface area contributed by atoms with Gasteiger partial charge in [-0.2, -0.15) is 0 Å². The summed E-state index contributed by atoms with van der Waals surface area (Å²) in [7, 11) is 0. The summed E-state index contributed by atoms with van der Waals surface area (Å²) in [5.74, 6) is -1.48. The summed E-state index contributed by atoms with van der Waals surface area (Å²) in [5.41, 5.74) is 5.46. The molecule has 0 saturated carbocycles. The van der Waals surface area contributed by atoms with Crippen molar-refractivity contribution in [2.75, 3.05) is 0 Å². The van der Waals surface area contributed by atoms with Gasteiger partial charge in [-0.15, -0.1) is 0 Å². The lowest BCUT2D eigenvalue weighted by Gasteiger charge is -2.25. The molecule has 0 aliphatic heterocycles. The van der Waals surface area contributed by atoms with Gasteiger partial charge in [-0.1, -0.05) is 20.8 Å². The molecule has 1 aromatic rings. The molecule has 0 bridgehead atoms. The van der Waals surface area contributed by atoms with E-state index in [9.17, 15) is 13.6 Å². The number of amides is 1. The first-order valence-electron chi connectivity index (χ1n) is 5.69. The Balaban J connectivity index is 2.66. The van der Waals surface area contributed by atoms with Crippen LogP contribution in [0.3, 0.4) is 0 Å². The van der Waals surface area contributed by atoms with E-state index < -0.39 is 17.7 Å². The van der Waals surface area contributed by atoms with Crippen LogP contribution in [0.2, 0.25) is 0 Å². The fraction of sp³-hybridized carbons (Fsp3) is 0.462. The number of carbonyl (C=O) groups is 1. The van der Waals surface area contributed by atoms with Gasteiger partial charge in [-0.3, -0.25) is 4.79 Å². The third kappa shape index (κ3) is 3.77. The van der Waals surface area contributed by atoms with Crippen molar-refractivity contribution in [3.8, 4) is 0 Å². The van der Waals surface area contributed by atoms with Gasteiger partial charge in [-0.05, 0) is 23.6 Å². The van der Waals surface area contributed by atoms with Gasteiger partial charge in [0.05, 0.1) is 6.04 Å². The predicted molar refractivity (Wildman–Crippen MR) is 65.6 cm³/mol. The predicted octanol–water partition coefficient (Wildman–Crippen LogP) is 1.95. The first kappa shape index (κ1) is 14.6. The fourth-order valence-corrected chi connectivity index (χ4v) is 1.36. The third-order valence-electron chi connectivity index (χ3n) is 2.68. The fourth-order valence-electron chi connectivity index (χ4n) is 1.36. The molecule has 0 radical (unpaired) electrons. The van der Waals surface area contributed by atoms with Crippen molar-refractivity contribution < 1.29 is 13.6 Å². The molecule has 0 heterocycles. The molecule has 3 nitrogen and oxygen atoms in total. The van der Waals surface area contributed by atoms with E-state index >= 15 is 0 Å². The third-order valence-corrected chi connectivity index (χ3v) is 2.68. The minimum absolute atomic E-state index is 0.0772. The van der Waals surface area contributed by atoms with E-state index in [4.69, 9.17) is 5.73 Å². The highest BCUT2D eigenvalue weighted by molar-refractivity contribution is 5.82. The number of halogens is 2. The second-order valence-corrected chi connectivity index (χ2v) is 5.30. The van der Waals surface area contributed by atoms with Crippen molar-refractivity contribution in [2.24, 2.45) is 11.1 Å². The smallest absolute Gasteiger partial charge is 0.237 e. The van der Waals surface area contributed by atoms with Gasteiger partial charge in [0, 0.05) is 12.1 Å². The molecular weight excluding hydrogens is 238 g/mol. The summed E-state index contributed by atoms with van der Waals surface area (Å²) in [6, 6.07) is 2.41. The maximum absolute atomic E-state index is 13.3. The van der Waals surface area contributed by atoms with Crippen LogP contribution in [0.4, 0.5) is 8.78 Å². The topological polar surface area (TPSA) is 55.1 Å². The highest BCUT2D eigenvalue weighted by atomic mass is 19.1. The second kappa shape index (κ2) is 5.44. The van der Waals surface area contributed by atoms with E-state index in [0.29, 0.717) is 0 Å². The van der Waals surface area contributed by atoms with Gasteiger partial charge in [0.15, 0.2) is 0 Å². The van der Waals surface area contributed by atoms with E-state index in [0.717, 1.165) is 18.2 Å². The number of nitrogens with two attached hydrogens (primary N) is 1. The number of benzene rings is 1. The van der Waals surface area contributed by atoms with Crippen LogP contribution < -0.4 is 11.1 Å². The maximum Gasteiger partial charge on any atom is 0.237 e. The van der Waals surface area contributed by atoms with E-state index in [2.05, 4.69) is 5.32 Å². The number of hydrogen-bond acceptors (Lipinski definition) is 2. The van der Waals surface area contributed by atoms with Gasteiger partial charge >= 0.3 is 0 Å². The monoisotopic (exact) mass is 256 g/mol. The summed E-state index contributed by atoms with van der Waals surface area (Å²) in [5, 5.41) is 2.50. The van der Waals surface area contributed by atoms with Gasteiger partial charge in [0.2, 0.25) is 5.91 Å². The Morgan fingerprint density at radius 3 is 2.56 bits per heavy atom. The van der Waals surface area contributed by atoms with Crippen LogP contribution in [-0.4, -0.2) is 11.9 Å².